The lowest BCUT2D eigenvalue weighted by atomic mass is 10.1. The summed E-state index contributed by atoms with van der Waals surface area (Å²) >= 11 is 0. The van der Waals surface area contributed by atoms with E-state index < -0.39 is 18.0 Å². The molecule has 1 heterocycles. The predicted octanol–water partition coefficient (Wildman–Crippen LogP) is 2.83. The number of allylic oxidation sites excluding steroid dienone is 1. The zero-order valence-electron chi connectivity index (χ0n) is 13.0. The van der Waals surface area contributed by atoms with Crippen molar-refractivity contribution in [3.05, 3.63) is 12.7 Å². The molecule has 2 aliphatic rings. The molecule has 3 atom stereocenters. The highest BCUT2D eigenvalue weighted by Gasteiger charge is 2.49. The average molecular weight is 309 g/mol. The summed E-state index contributed by atoms with van der Waals surface area (Å²) in [5.41, 5.74) is 0. The van der Waals surface area contributed by atoms with Crippen LogP contribution in [0, 0.1) is 17.8 Å². The Morgan fingerprint density at radius 1 is 1.23 bits per heavy atom. The Kier molecular flexibility index (Phi) is 5.57. The maximum Gasteiger partial charge on any atom is 0.533 e. The first kappa shape index (κ1) is 16.5. The van der Waals surface area contributed by atoms with Crippen molar-refractivity contribution < 1.29 is 24.0 Å². The molecule has 3 unspecified atom stereocenters. The molecule has 2 rings (SSSR count). The second kappa shape index (κ2) is 7.42. The van der Waals surface area contributed by atoms with Crippen molar-refractivity contribution >= 4 is 18.0 Å². The Bertz CT molecular complexity index is 445. The molecule has 1 aliphatic heterocycles. The van der Waals surface area contributed by atoms with Crippen molar-refractivity contribution in [2.45, 2.75) is 45.4 Å². The quantitative estimate of drug-likeness (QED) is 0.391. The van der Waals surface area contributed by atoms with Gasteiger partial charge >= 0.3 is 6.16 Å². The van der Waals surface area contributed by atoms with E-state index in [1.54, 1.807) is 0 Å². The molecule has 0 aromatic carbocycles. The van der Waals surface area contributed by atoms with Gasteiger partial charge < -0.3 is 4.74 Å². The van der Waals surface area contributed by atoms with E-state index in [0.29, 0.717) is 22.8 Å². The fraction of sp³-hybridized carbons (Fsp3) is 0.688. The Morgan fingerprint density at radius 3 is 2.45 bits per heavy atom. The topological polar surface area (TPSA) is 72.9 Å². The van der Waals surface area contributed by atoms with Crippen LogP contribution in [0.3, 0.4) is 0 Å². The van der Waals surface area contributed by atoms with Gasteiger partial charge in [-0.15, -0.1) is 6.58 Å². The van der Waals surface area contributed by atoms with Gasteiger partial charge in [0.15, 0.2) is 0 Å². The number of hydrogen-bond donors (Lipinski definition) is 0. The number of ether oxygens (including phenoxy) is 1. The van der Waals surface area contributed by atoms with Crippen LogP contribution in [0.25, 0.3) is 0 Å². The zero-order chi connectivity index (χ0) is 16.1. The van der Waals surface area contributed by atoms with E-state index in [9.17, 15) is 14.4 Å². The first-order valence-corrected chi connectivity index (χ1v) is 7.89. The maximum absolute atomic E-state index is 11.6. The third kappa shape index (κ3) is 3.87. The minimum atomic E-state index is -0.979. The number of amides is 2. The normalized spacial score (nSPS) is 27.0. The third-order valence-electron chi connectivity index (χ3n) is 4.40. The van der Waals surface area contributed by atoms with Crippen LogP contribution < -0.4 is 0 Å². The predicted molar refractivity (Wildman–Crippen MR) is 78.3 cm³/mol. The lowest BCUT2D eigenvalue weighted by Crippen LogP contribution is -2.32. The summed E-state index contributed by atoms with van der Waals surface area (Å²) < 4.78 is 5.08. The van der Waals surface area contributed by atoms with Gasteiger partial charge in [-0.1, -0.05) is 30.9 Å². The van der Waals surface area contributed by atoms with E-state index in [-0.39, 0.29) is 19.4 Å². The van der Waals surface area contributed by atoms with Crippen LogP contribution in [0.2, 0.25) is 0 Å². The number of nitrogens with zero attached hydrogens (tertiary/aromatic N) is 1. The molecule has 1 saturated heterocycles. The van der Waals surface area contributed by atoms with E-state index in [1.165, 1.54) is 0 Å². The molecule has 0 aromatic rings. The molecule has 0 N–H and O–H groups in total. The monoisotopic (exact) mass is 309 g/mol. The second-order valence-electron chi connectivity index (χ2n) is 5.88. The SMILES string of the molecule is C=CCCC1C(CCC)C1COC(=O)ON1C(=O)CCC1=O. The van der Waals surface area contributed by atoms with Crippen LogP contribution in [0.1, 0.15) is 45.4 Å². The highest BCUT2D eigenvalue weighted by atomic mass is 16.8. The largest absolute Gasteiger partial charge is 0.533 e. The Hall–Kier alpha value is -1.85. The van der Waals surface area contributed by atoms with Gasteiger partial charge in [0.1, 0.15) is 0 Å². The number of carbonyl (C=O) groups is 3. The lowest BCUT2D eigenvalue weighted by molar-refractivity contribution is -0.177. The molecule has 1 aliphatic carbocycles. The fourth-order valence-corrected chi connectivity index (χ4v) is 3.19. The van der Waals surface area contributed by atoms with E-state index in [1.807, 2.05) is 6.08 Å². The molecule has 2 fully saturated rings. The number of rotatable bonds is 8. The molecule has 6 heteroatoms. The number of hydrogen-bond acceptors (Lipinski definition) is 5. The molecule has 6 nitrogen and oxygen atoms in total. The van der Waals surface area contributed by atoms with Gasteiger partial charge in [-0.2, -0.15) is 0 Å². The van der Waals surface area contributed by atoms with Crippen molar-refractivity contribution in [3.8, 4) is 0 Å². The van der Waals surface area contributed by atoms with E-state index >= 15 is 0 Å². The van der Waals surface area contributed by atoms with E-state index in [0.717, 1.165) is 25.7 Å². The van der Waals surface area contributed by atoms with Crippen LogP contribution in [-0.2, 0) is 19.2 Å². The summed E-state index contributed by atoms with van der Waals surface area (Å²) in [5.74, 6) is 0.480. The molecule has 0 radical (unpaired) electrons. The molecule has 122 valence electrons. The van der Waals surface area contributed by atoms with Gasteiger partial charge in [-0.25, -0.2) is 4.79 Å². The van der Waals surface area contributed by atoms with Crippen molar-refractivity contribution in [3.63, 3.8) is 0 Å². The molecule has 0 aromatic heterocycles. The van der Waals surface area contributed by atoms with Crippen molar-refractivity contribution in [1.82, 2.24) is 5.06 Å². The van der Waals surface area contributed by atoms with Crippen LogP contribution >= 0.6 is 0 Å². The summed E-state index contributed by atoms with van der Waals surface area (Å²) in [5, 5.41) is 0.508. The molecule has 1 saturated carbocycles. The maximum atomic E-state index is 11.6. The summed E-state index contributed by atoms with van der Waals surface area (Å²) in [6.45, 7) is 6.15. The molecule has 2 amide bonds. The van der Waals surface area contributed by atoms with Crippen molar-refractivity contribution in [1.29, 1.82) is 0 Å². The Balaban J connectivity index is 1.74. The molecule has 22 heavy (non-hydrogen) atoms. The van der Waals surface area contributed by atoms with Crippen LogP contribution in [-0.4, -0.2) is 29.6 Å². The average Bonchev–Trinajstić information content (AvgIpc) is 3.07. The summed E-state index contributed by atoms with van der Waals surface area (Å²) in [4.78, 5) is 39.0. The second-order valence-corrected chi connectivity index (χ2v) is 5.88. The van der Waals surface area contributed by atoms with Gasteiger partial charge in [0.2, 0.25) is 0 Å². The van der Waals surface area contributed by atoms with Gasteiger partial charge in [0, 0.05) is 12.8 Å². The fourth-order valence-electron chi connectivity index (χ4n) is 3.19. The Morgan fingerprint density at radius 2 is 1.86 bits per heavy atom. The first-order chi connectivity index (χ1) is 10.6. The van der Waals surface area contributed by atoms with Crippen molar-refractivity contribution in [2.75, 3.05) is 6.61 Å². The van der Waals surface area contributed by atoms with Gasteiger partial charge in [-0.3, -0.25) is 14.4 Å². The molecular formula is C16H23NO5. The molecular weight excluding hydrogens is 286 g/mol. The number of carbonyl (C=O) groups excluding carboxylic acids is 3. The minimum Gasteiger partial charge on any atom is -0.432 e. The van der Waals surface area contributed by atoms with Gasteiger partial charge in [0.25, 0.3) is 11.8 Å². The smallest absolute Gasteiger partial charge is 0.432 e. The number of imide groups is 1. The molecule has 0 spiro atoms. The van der Waals surface area contributed by atoms with E-state index in [2.05, 4.69) is 18.3 Å². The minimum absolute atomic E-state index is 0.0803. The zero-order valence-corrected chi connectivity index (χ0v) is 13.0. The number of hydroxylamine groups is 2. The summed E-state index contributed by atoms with van der Waals surface area (Å²) in [7, 11) is 0. The summed E-state index contributed by atoms with van der Waals surface area (Å²) in [6, 6.07) is 0. The third-order valence-corrected chi connectivity index (χ3v) is 4.40. The molecule has 0 bridgehead atoms. The van der Waals surface area contributed by atoms with Crippen molar-refractivity contribution in [2.24, 2.45) is 17.8 Å². The lowest BCUT2D eigenvalue weighted by Gasteiger charge is -2.12. The van der Waals surface area contributed by atoms with Gasteiger partial charge in [-0.05, 0) is 30.6 Å². The summed E-state index contributed by atoms with van der Waals surface area (Å²) in [6.07, 6.45) is 5.32. The highest BCUT2D eigenvalue weighted by Crippen LogP contribution is 2.52. The van der Waals surface area contributed by atoms with E-state index in [4.69, 9.17) is 4.74 Å². The first-order valence-electron chi connectivity index (χ1n) is 7.89. The van der Waals surface area contributed by atoms with Crippen LogP contribution in [0.4, 0.5) is 4.79 Å². The standard InChI is InChI=1S/C16H23NO5/c1-3-5-7-12-11(6-4-2)13(12)10-21-16(20)22-17-14(18)8-9-15(17)19/h3,11-13H,1,4-10H2,2H3. The van der Waals surface area contributed by atoms with Crippen LogP contribution in [0.5, 0.6) is 0 Å². The van der Waals surface area contributed by atoms with Gasteiger partial charge in [0.05, 0.1) is 6.61 Å². The highest BCUT2D eigenvalue weighted by molar-refractivity contribution is 6.01. The Labute approximate surface area is 130 Å². The van der Waals surface area contributed by atoms with Crippen LogP contribution in [0.15, 0.2) is 12.7 Å².